The molecular formula is C8H10F6. The molecule has 0 aromatic rings. The monoisotopic (exact) mass is 220 g/mol. The molecule has 0 aromatic carbocycles. The Kier molecular flexibility index (Phi) is 2.15. The van der Waals surface area contributed by atoms with E-state index in [1.54, 1.807) is 0 Å². The van der Waals surface area contributed by atoms with Crippen molar-refractivity contribution >= 4 is 0 Å². The summed E-state index contributed by atoms with van der Waals surface area (Å²) in [7, 11) is 0. The highest BCUT2D eigenvalue weighted by Gasteiger charge is 2.76. The van der Waals surface area contributed by atoms with Crippen LogP contribution in [0.2, 0.25) is 0 Å². The zero-order valence-corrected chi connectivity index (χ0v) is 7.68. The summed E-state index contributed by atoms with van der Waals surface area (Å²) in [5.74, 6) is -8.87. The van der Waals surface area contributed by atoms with E-state index in [2.05, 4.69) is 0 Å². The van der Waals surface area contributed by atoms with Crippen molar-refractivity contribution in [3.8, 4) is 0 Å². The molecule has 0 N–H and O–H groups in total. The van der Waals surface area contributed by atoms with Gasteiger partial charge in [0.15, 0.2) is 5.67 Å². The summed E-state index contributed by atoms with van der Waals surface area (Å²) in [6, 6.07) is 0. The zero-order chi connectivity index (χ0) is 11.4. The number of hydrogen-bond donors (Lipinski definition) is 0. The van der Waals surface area contributed by atoms with Gasteiger partial charge in [-0.3, -0.25) is 0 Å². The molecule has 0 aliphatic heterocycles. The lowest BCUT2D eigenvalue weighted by Gasteiger charge is -2.46. The Morgan fingerprint density at radius 2 is 1.21 bits per heavy atom. The fourth-order valence-electron chi connectivity index (χ4n) is 1.50. The molecule has 0 aromatic heterocycles. The summed E-state index contributed by atoms with van der Waals surface area (Å²) in [5.41, 5.74) is -7.36. The van der Waals surface area contributed by atoms with Crippen LogP contribution < -0.4 is 0 Å². The molecule has 1 aliphatic rings. The third-order valence-electron chi connectivity index (χ3n) is 2.84. The lowest BCUT2D eigenvalue weighted by molar-refractivity contribution is -0.311. The van der Waals surface area contributed by atoms with Gasteiger partial charge >= 0.3 is 5.92 Å². The first-order valence-corrected chi connectivity index (χ1v) is 4.09. The third-order valence-corrected chi connectivity index (χ3v) is 2.84. The molecule has 0 amide bonds. The topological polar surface area (TPSA) is 0 Å². The van der Waals surface area contributed by atoms with Crippen LogP contribution in [-0.4, -0.2) is 23.2 Å². The maximum atomic E-state index is 13.2. The van der Waals surface area contributed by atoms with E-state index >= 15 is 0 Å². The molecule has 6 heteroatoms. The van der Waals surface area contributed by atoms with Gasteiger partial charge in [0, 0.05) is 6.42 Å². The van der Waals surface area contributed by atoms with Crippen molar-refractivity contribution in [3.05, 3.63) is 0 Å². The molecule has 0 nitrogen and oxygen atoms in total. The summed E-state index contributed by atoms with van der Waals surface area (Å²) < 4.78 is 78.0. The molecule has 0 saturated heterocycles. The van der Waals surface area contributed by atoms with Crippen molar-refractivity contribution in [2.24, 2.45) is 0 Å². The third kappa shape index (κ3) is 1.15. The van der Waals surface area contributed by atoms with Crippen LogP contribution in [0.25, 0.3) is 0 Å². The summed E-state index contributed by atoms with van der Waals surface area (Å²) in [6.45, 7) is 0.490. The van der Waals surface area contributed by atoms with E-state index in [1.165, 1.54) is 0 Å². The van der Waals surface area contributed by atoms with E-state index in [4.69, 9.17) is 0 Å². The van der Waals surface area contributed by atoms with Gasteiger partial charge in [0.2, 0.25) is 5.67 Å². The molecule has 0 radical (unpaired) electrons. The van der Waals surface area contributed by atoms with E-state index in [0.29, 0.717) is 6.92 Å². The predicted molar refractivity (Wildman–Crippen MR) is 38.2 cm³/mol. The maximum Gasteiger partial charge on any atom is 0.320 e. The number of rotatable bonds is 0. The lowest BCUT2D eigenvalue weighted by Crippen LogP contribution is -2.67. The first-order chi connectivity index (χ1) is 5.96. The van der Waals surface area contributed by atoms with Gasteiger partial charge in [0.05, 0.1) is 0 Å². The van der Waals surface area contributed by atoms with Crippen molar-refractivity contribution in [3.63, 3.8) is 0 Å². The molecular weight excluding hydrogens is 210 g/mol. The smallest absolute Gasteiger partial charge is 0.237 e. The first-order valence-electron chi connectivity index (χ1n) is 4.09. The van der Waals surface area contributed by atoms with Gasteiger partial charge in [0.25, 0.3) is 5.92 Å². The minimum atomic E-state index is -4.68. The van der Waals surface area contributed by atoms with E-state index in [-0.39, 0.29) is 6.92 Å². The normalized spacial score (nSPS) is 46.3. The Balaban J connectivity index is 3.20. The SMILES string of the molecule is CC1(F)CCC(F)(F)C(C)(F)C1(F)F. The van der Waals surface area contributed by atoms with Crippen molar-refractivity contribution in [1.29, 1.82) is 0 Å². The van der Waals surface area contributed by atoms with Gasteiger partial charge in [-0.15, -0.1) is 0 Å². The largest absolute Gasteiger partial charge is 0.320 e. The lowest BCUT2D eigenvalue weighted by atomic mass is 9.73. The molecule has 2 atom stereocenters. The van der Waals surface area contributed by atoms with Crippen LogP contribution in [0, 0.1) is 0 Å². The van der Waals surface area contributed by atoms with Crippen LogP contribution in [0.15, 0.2) is 0 Å². The van der Waals surface area contributed by atoms with Crippen molar-refractivity contribution in [1.82, 2.24) is 0 Å². The average molecular weight is 220 g/mol. The van der Waals surface area contributed by atoms with Gasteiger partial charge in [0.1, 0.15) is 0 Å². The second kappa shape index (κ2) is 2.58. The van der Waals surface area contributed by atoms with Gasteiger partial charge in [-0.1, -0.05) is 0 Å². The Labute approximate surface area is 77.3 Å². The summed E-state index contributed by atoms with van der Waals surface area (Å²) in [5, 5.41) is 0. The standard InChI is InChI=1S/C8H10F6/c1-5(9)3-4-7(11,12)6(2,10)8(5,13)14/h3-4H2,1-2H3. The Morgan fingerprint density at radius 3 is 1.57 bits per heavy atom. The van der Waals surface area contributed by atoms with Crippen LogP contribution >= 0.6 is 0 Å². The minimum Gasteiger partial charge on any atom is -0.237 e. The van der Waals surface area contributed by atoms with E-state index in [9.17, 15) is 26.3 Å². The zero-order valence-electron chi connectivity index (χ0n) is 7.68. The molecule has 1 rings (SSSR count). The maximum absolute atomic E-state index is 13.2. The van der Waals surface area contributed by atoms with Crippen LogP contribution in [0.4, 0.5) is 26.3 Å². The van der Waals surface area contributed by atoms with Crippen LogP contribution in [-0.2, 0) is 0 Å². The summed E-state index contributed by atoms with van der Waals surface area (Å²) >= 11 is 0. The average Bonchev–Trinajstić information content (AvgIpc) is 1.98. The Hall–Kier alpha value is -0.420. The van der Waals surface area contributed by atoms with E-state index in [0.717, 1.165) is 0 Å². The highest BCUT2D eigenvalue weighted by atomic mass is 19.3. The molecule has 84 valence electrons. The number of hydrogen-bond acceptors (Lipinski definition) is 0. The van der Waals surface area contributed by atoms with Crippen LogP contribution in [0.1, 0.15) is 26.7 Å². The Morgan fingerprint density at radius 1 is 0.786 bits per heavy atom. The van der Waals surface area contributed by atoms with Crippen molar-refractivity contribution in [2.75, 3.05) is 0 Å². The van der Waals surface area contributed by atoms with Gasteiger partial charge in [-0.2, -0.15) is 8.78 Å². The summed E-state index contributed by atoms with van der Waals surface area (Å²) in [4.78, 5) is 0. The molecule has 1 saturated carbocycles. The van der Waals surface area contributed by atoms with Crippen LogP contribution in [0.3, 0.4) is 0 Å². The Bertz CT molecular complexity index is 216. The molecule has 1 aliphatic carbocycles. The summed E-state index contributed by atoms with van der Waals surface area (Å²) in [6.07, 6.45) is -2.25. The van der Waals surface area contributed by atoms with Gasteiger partial charge < -0.3 is 0 Å². The molecule has 0 bridgehead atoms. The number of halogens is 6. The quantitative estimate of drug-likeness (QED) is 0.548. The highest BCUT2D eigenvalue weighted by Crippen LogP contribution is 2.57. The highest BCUT2D eigenvalue weighted by molar-refractivity contribution is 5.13. The van der Waals surface area contributed by atoms with Crippen LogP contribution in [0.5, 0.6) is 0 Å². The predicted octanol–water partition coefficient (Wildman–Crippen LogP) is 3.51. The van der Waals surface area contributed by atoms with Gasteiger partial charge in [-0.25, -0.2) is 17.6 Å². The fraction of sp³-hybridized carbons (Fsp3) is 1.00. The van der Waals surface area contributed by atoms with E-state index < -0.39 is 36.0 Å². The fourth-order valence-corrected chi connectivity index (χ4v) is 1.50. The van der Waals surface area contributed by atoms with Crippen molar-refractivity contribution in [2.45, 2.75) is 49.9 Å². The minimum absolute atomic E-state index is 0.0456. The molecule has 2 unspecified atom stereocenters. The molecule has 0 spiro atoms. The number of alkyl halides is 6. The molecule has 0 heterocycles. The van der Waals surface area contributed by atoms with E-state index in [1.807, 2.05) is 0 Å². The van der Waals surface area contributed by atoms with Crippen molar-refractivity contribution < 1.29 is 26.3 Å². The second-order valence-corrected chi connectivity index (χ2v) is 3.98. The second-order valence-electron chi connectivity index (χ2n) is 3.98. The molecule has 14 heavy (non-hydrogen) atoms. The first kappa shape index (κ1) is 11.7. The molecule has 1 fully saturated rings. The van der Waals surface area contributed by atoms with Gasteiger partial charge in [-0.05, 0) is 20.3 Å².